The summed E-state index contributed by atoms with van der Waals surface area (Å²) in [4.78, 5) is 26.6. The fourth-order valence-electron chi connectivity index (χ4n) is 5.18. The van der Waals surface area contributed by atoms with Gasteiger partial charge in [0.2, 0.25) is 10.0 Å². The van der Waals surface area contributed by atoms with Crippen LogP contribution in [0.1, 0.15) is 21.5 Å². The number of carbonyl (C=O) groups is 1. The first-order valence-electron chi connectivity index (χ1n) is 14.0. The normalized spacial score (nSPS) is 11.6. The van der Waals surface area contributed by atoms with Gasteiger partial charge in [-0.3, -0.25) is 14.2 Å². The van der Waals surface area contributed by atoms with Gasteiger partial charge in [-0.15, -0.1) is 0 Å². The molecule has 232 valence electrons. The average molecular weight is 641 g/mol. The lowest BCUT2D eigenvalue weighted by Crippen LogP contribution is -2.27. The highest BCUT2D eigenvalue weighted by Gasteiger charge is 2.20. The van der Waals surface area contributed by atoms with Crippen molar-refractivity contribution in [3.63, 3.8) is 0 Å². The lowest BCUT2D eigenvalue weighted by molar-refractivity contribution is 0.0990. The molecule has 0 aliphatic heterocycles. The SMILES string of the molecule is CNS(=O)(=O)c1cccc(-c2ccn3nccc(Oc4ccc(CC(=O)c5c(C)ccn(-c6ccc(F)cc6)c5=O)cc4F)c23)c1. The first kappa shape index (κ1) is 30.6. The Morgan fingerprint density at radius 3 is 2.46 bits per heavy atom. The number of nitrogens with zero attached hydrogens (tertiary/aromatic N) is 3. The van der Waals surface area contributed by atoms with Gasteiger partial charge in [0.05, 0.1) is 16.7 Å². The molecule has 3 heterocycles. The maximum Gasteiger partial charge on any atom is 0.266 e. The standard InChI is InChI=1S/C34H26F2N4O5S/c1-21-13-16-39(25-9-7-24(35)8-10-25)34(42)32(21)29(41)19-22-6-11-30(28(36)18-22)45-31-12-15-38-40-17-14-27(33(31)40)23-4-3-5-26(20-23)46(43,44)37-2/h3-18,20,37H,19H2,1-2H3. The Hall–Kier alpha value is -5.46. The molecular weight excluding hydrogens is 614 g/mol. The van der Waals surface area contributed by atoms with Gasteiger partial charge in [0.25, 0.3) is 5.56 Å². The zero-order valence-corrected chi connectivity index (χ0v) is 25.4. The van der Waals surface area contributed by atoms with Gasteiger partial charge in [0, 0.05) is 36.1 Å². The smallest absolute Gasteiger partial charge is 0.266 e. The second-order valence-electron chi connectivity index (χ2n) is 10.4. The van der Waals surface area contributed by atoms with E-state index in [0.717, 1.165) is 0 Å². The maximum atomic E-state index is 15.4. The Morgan fingerprint density at radius 2 is 1.72 bits per heavy atom. The molecule has 0 fully saturated rings. The highest BCUT2D eigenvalue weighted by molar-refractivity contribution is 7.89. The number of halogens is 2. The molecule has 0 amide bonds. The number of pyridine rings is 1. The summed E-state index contributed by atoms with van der Waals surface area (Å²) < 4.78 is 64.7. The van der Waals surface area contributed by atoms with Gasteiger partial charge < -0.3 is 4.74 Å². The van der Waals surface area contributed by atoms with Crippen molar-refractivity contribution in [3.8, 4) is 28.3 Å². The molecule has 0 aliphatic rings. The zero-order chi connectivity index (χ0) is 32.6. The number of ether oxygens (including phenoxy) is 1. The molecule has 12 heteroatoms. The summed E-state index contributed by atoms with van der Waals surface area (Å²) in [5, 5.41) is 4.29. The average Bonchev–Trinajstić information content (AvgIpc) is 3.48. The number of aryl methyl sites for hydroxylation is 1. The molecule has 1 N–H and O–H groups in total. The quantitative estimate of drug-likeness (QED) is 0.198. The van der Waals surface area contributed by atoms with Crippen molar-refractivity contribution in [1.29, 1.82) is 0 Å². The van der Waals surface area contributed by atoms with Crippen molar-refractivity contribution in [3.05, 3.63) is 142 Å². The molecule has 0 radical (unpaired) electrons. The third kappa shape index (κ3) is 5.83. The molecule has 46 heavy (non-hydrogen) atoms. The van der Waals surface area contributed by atoms with E-state index < -0.39 is 33.0 Å². The van der Waals surface area contributed by atoms with Crippen LogP contribution in [0.4, 0.5) is 8.78 Å². The number of benzene rings is 3. The minimum Gasteiger partial charge on any atom is -0.452 e. The monoisotopic (exact) mass is 640 g/mol. The molecule has 0 saturated heterocycles. The number of sulfonamides is 1. The molecular formula is C34H26F2N4O5S. The highest BCUT2D eigenvalue weighted by atomic mass is 32.2. The predicted octanol–water partition coefficient (Wildman–Crippen LogP) is 5.86. The van der Waals surface area contributed by atoms with Crippen LogP contribution in [0.25, 0.3) is 22.3 Å². The van der Waals surface area contributed by atoms with Crippen LogP contribution >= 0.6 is 0 Å². The van der Waals surface area contributed by atoms with Crippen LogP contribution in [0.2, 0.25) is 0 Å². The van der Waals surface area contributed by atoms with E-state index in [1.807, 2.05) is 0 Å². The molecule has 6 aromatic rings. The van der Waals surface area contributed by atoms with Crippen LogP contribution in [-0.4, -0.2) is 35.4 Å². The van der Waals surface area contributed by atoms with Gasteiger partial charge in [-0.1, -0.05) is 18.2 Å². The Labute approximate surface area is 262 Å². The van der Waals surface area contributed by atoms with Crippen molar-refractivity contribution < 1.29 is 26.7 Å². The van der Waals surface area contributed by atoms with Crippen LogP contribution in [0.5, 0.6) is 11.5 Å². The molecule has 0 unspecified atom stereocenters. The van der Waals surface area contributed by atoms with Crippen LogP contribution in [0.15, 0.2) is 113 Å². The number of rotatable bonds is 9. The summed E-state index contributed by atoms with van der Waals surface area (Å²) in [7, 11) is -2.36. The number of aromatic nitrogens is 3. The third-order valence-electron chi connectivity index (χ3n) is 7.51. The van der Waals surface area contributed by atoms with E-state index in [1.54, 1.807) is 43.5 Å². The molecule has 0 spiro atoms. The molecule has 0 saturated carbocycles. The Balaban J connectivity index is 1.28. The number of hydrogen-bond acceptors (Lipinski definition) is 6. The van der Waals surface area contributed by atoms with Gasteiger partial charge in [0.1, 0.15) is 11.3 Å². The van der Waals surface area contributed by atoms with Gasteiger partial charge in [-0.2, -0.15) is 5.10 Å². The molecule has 6 rings (SSSR count). The van der Waals surface area contributed by atoms with Crippen molar-refractivity contribution in [2.75, 3.05) is 7.05 Å². The summed E-state index contributed by atoms with van der Waals surface area (Å²) in [5.41, 5.74) is 2.28. The topological polar surface area (TPSA) is 112 Å². The summed E-state index contributed by atoms with van der Waals surface area (Å²) >= 11 is 0. The number of carbonyl (C=O) groups excluding carboxylic acids is 1. The summed E-state index contributed by atoms with van der Waals surface area (Å²) in [5.74, 6) is -1.53. The Kier molecular flexibility index (Phi) is 8.07. The fourth-order valence-corrected chi connectivity index (χ4v) is 5.96. The largest absolute Gasteiger partial charge is 0.452 e. The van der Waals surface area contributed by atoms with Crippen molar-refractivity contribution in [2.45, 2.75) is 18.2 Å². The van der Waals surface area contributed by atoms with Crippen molar-refractivity contribution in [2.24, 2.45) is 0 Å². The van der Waals surface area contributed by atoms with E-state index in [4.69, 9.17) is 4.74 Å². The van der Waals surface area contributed by atoms with Gasteiger partial charge in [-0.05, 0) is 91.3 Å². The summed E-state index contributed by atoms with van der Waals surface area (Å²) in [6.45, 7) is 1.64. The maximum absolute atomic E-state index is 15.4. The van der Waals surface area contributed by atoms with Crippen LogP contribution in [-0.2, 0) is 16.4 Å². The second-order valence-corrected chi connectivity index (χ2v) is 12.3. The first-order chi connectivity index (χ1) is 22.1. The fraction of sp³-hybridized carbons (Fsp3) is 0.0882. The number of fused-ring (bicyclic) bond motifs is 1. The molecule has 3 aromatic heterocycles. The molecule has 3 aromatic carbocycles. The minimum atomic E-state index is -3.69. The second kappa shape index (κ2) is 12.1. The van der Waals surface area contributed by atoms with Crippen LogP contribution in [0, 0.1) is 18.6 Å². The molecule has 0 atom stereocenters. The van der Waals surface area contributed by atoms with Gasteiger partial charge in [0.15, 0.2) is 23.1 Å². The lowest BCUT2D eigenvalue weighted by atomic mass is 10.0. The van der Waals surface area contributed by atoms with E-state index in [0.29, 0.717) is 33.5 Å². The van der Waals surface area contributed by atoms with Crippen LogP contribution < -0.4 is 15.0 Å². The Morgan fingerprint density at radius 1 is 0.935 bits per heavy atom. The highest BCUT2D eigenvalue weighted by Crippen LogP contribution is 2.35. The minimum absolute atomic E-state index is 0.0425. The van der Waals surface area contributed by atoms with Crippen molar-refractivity contribution >= 4 is 21.3 Å². The van der Waals surface area contributed by atoms with E-state index in [1.165, 1.54) is 83.1 Å². The van der Waals surface area contributed by atoms with Crippen molar-refractivity contribution in [1.82, 2.24) is 18.9 Å². The van der Waals surface area contributed by atoms with Crippen LogP contribution in [0.3, 0.4) is 0 Å². The number of Topliss-reactive ketones (excluding diaryl/α,β-unsaturated/α-hetero) is 1. The first-order valence-corrected chi connectivity index (χ1v) is 15.5. The number of ketones is 1. The number of hydrogen-bond donors (Lipinski definition) is 1. The third-order valence-corrected chi connectivity index (χ3v) is 8.92. The van der Waals surface area contributed by atoms with E-state index in [-0.39, 0.29) is 28.4 Å². The van der Waals surface area contributed by atoms with E-state index >= 15 is 4.39 Å². The zero-order valence-electron chi connectivity index (χ0n) is 24.6. The molecule has 9 nitrogen and oxygen atoms in total. The van der Waals surface area contributed by atoms with Gasteiger partial charge >= 0.3 is 0 Å². The predicted molar refractivity (Wildman–Crippen MR) is 168 cm³/mol. The Bertz CT molecular complexity index is 2300. The lowest BCUT2D eigenvalue weighted by Gasteiger charge is -2.12. The number of nitrogens with one attached hydrogen (secondary N) is 1. The molecule has 0 bridgehead atoms. The summed E-state index contributed by atoms with van der Waals surface area (Å²) in [6.07, 6.45) is 4.44. The molecule has 0 aliphatic carbocycles. The summed E-state index contributed by atoms with van der Waals surface area (Å²) in [6, 6.07) is 20.7. The van der Waals surface area contributed by atoms with Gasteiger partial charge in [-0.25, -0.2) is 26.4 Å². The van der Waals surface area contributed by atoms with E-state index in [9.17, 15) is 22.4 Å². The van der Waals surface area contributed by atoms with E-state index in [2.05, 4.69) is 9.82 Å².